The van der Waals surface area contributed by atoms with Crippen molar-refractivity contribution < 1.29 is 4.74 Å². The van der Waals surface area contributed by atoms with Gasteiger partial charge < -0.3 is 9.64 Å². The Labute approximate surface area is 129 Å². The Morgan fingerprint density at radius 3 is 2.19 bits per heavy atom. The molecule has 0 saturated heterocycles. The molecule has 0 spiro atoms. The average molecular weight is 293 g/mol. The van der Waals surface area contributed by atoms with Crippen LogP contribution in [0.25, 0.3) is 0 Å². The summed E-state index contributed by atoms with van der Waals surface area (Å²) in [5.41, 5.74) is 6.57. The number of likely N-dealkylation sites (N-methyl/N-ethyl adjacent to an activating group) is 1. The van der Waals surface area contributed by atoms with E-state index in [1.54, 1.807) is 7.11 Å². The molecule has 0 aromatic heterocycles. The fraction of sp³-hybridized carbons (Fsp3) is 0.647. The van der Waals surface area contributed by atoms with Crippen LogP contribution in [0.2, 0.25) is 0 Å². The zero-order valence-electron chi connectivity index (χ0n) is 14.6. The van der Waals surface area contributed by atoms with Crippen LogP contribution in [0.15, 0.2) is 12.1 Å². The van der Waals surface area contributed by atoms with Crippen molar-refractivity contribution in [3.8, 4) is 5.75 Å². The van der Waals surface area contributed by atoms with Crippen molar-refractivity contribution in [2.75, 3.05) is 21.2 Å². The molecule has 3 N–H and O–H groups in total. The maximum absolute atomic E-state index is 5.98. The van der Waals surface area contributed by atoms with E-state index in [4.69, 9.17) is 10.6 Å². The van der Waals surface area contributed by atoms with Crippen LogP contribution in [0.4, 0.5) is 0 Å². The highest BCUT2D eigenvalue weighted by Gasteiger charge is 2.40. The molecule has 0 saturated carbocycles. The number of nitrogens with two attached hydrogens (primary N) is 1. The topological polar surface area (TPSA) is 50.5 Å². The molecule has 4 nitrogen and oxygen atoms in total. The molecule has 0 aliphatic heterocycles. The molecule has 1 aromatic rings. The van der Waals surface area contributed by atoms with Gasteiger partial charge in [0.1, 0.15) is 5.75 Å². The first-order valence-electron chi connectivity index (χ1n) is 7.66. The van der Waals surface area contributed by atoms with Gasteiger partial charge in [0.25, 0.3) is 0 Å². The van der Waals surface area contributed by atoms with Gasteiger partial charge in [0, 0.05) is 11.1 Å². The van der Waals surface area contributed by atoms with Crippen molar-refractivity contribution in [2.45, 2.75) is 52.1 Å². The number of hydrogen-bond donors (Lipinski definition) is 2. The van der Waals surface area contributed by atoms with Crippen molar-refractivity contribution in [3.05, 3.63) is 28.8 Å². The summed E-state index contributed by atoms with van der Waals surface area (Å²) in [7, 11) is 5.96. The smallest absolute Gasteiger partial charge is 0.124 e. The van der Waals surface area contributed by atoms with E-state index in [0.717, 1.165) is 24.2 Å². The van der Waals surface area contributed by atoms with Gasteiger partial charge in [-0.1, -0.05) is 19.9 Å². The van der Waals surface area contributed by atoms with Gasteiger partial charge in [-0.25, -0.2) is 0 Å². The van der Waals surface area contributed by atoms with Crippen LogP contribution in [0, 0.1) is 13.8 Å². The summed E-state index contributed by atoms with van der Waals surface area (Å²) >= 11 is 0. The summed E-state index contributed by atoms with van der Waals surface area (Å²) in [6.45, 7) is 8.64. The Kier molecular flexibility index (Phi) is 6.20. The minimum Gasteiger partial charge on any atom is -0.496 e. The second kappa shape index (κ2) is 7.25. The van der Waals surface area contributed by atoms with Gasteiger partial charge in [-0.15, -0.1) is 0 Å². The molecule has 1 unspecified atom stereocenters. The number of benzene rings is 1. The molecule has 4 heteroatoms. The fourth-order valence-corrected chi connectivity index (χ4v) is 3.53. The van der Waals surface area contributed by atoms with Crippen LogP contribution in [0.5, 0.6) is 5.75 Å². The summed E-state index contributed by atoms with van der Waals surface area (Å²) in [6, 6.07) is 4.28. The van der Waals surface area contributed by atoms with Crippen molar-refractivity contribution >= 4 is 0 Å². The number of nitrogens with zero attached hydrogens (tertiary/aromatic N) is 1. The van der Waals surface area contributed by atoms with E-state index in [1.165, 1.54) is 11.1 Å². The molecule has 1 rings (SSSR count). The molecule has 120 valence electrons. The van der Waals surface area contributed by atoms with E-state index >= 15 is 0 Å². The summed E-state index contributed by atoms with van der Waals surface area (Å²) in [4.78, 5) is 2.27. The van der Waals surface area contributed by atoms with Crippen molar-refractivity contribution in [1.29, 1.82) is 0 Å². The highest BCUT2D eigenvalue weighted by Crippen LogP contribution is 2.41. The van der Waals surface area contributed by atoms with E-state index in [9.17, 15) is 0 Å². The SMILES string of the molecule is CCC(CC)(C(NN)c1c(C)cc(C)cc1OC)N(C)C. The molecule has 0 aliphatic carbocycles. The standard InChI is InChI=1S/C17H31N3O/c1-8-17(9-2,20(5)6)16(19-18)15-13(4)10-12(3)11-14(15)21-7/h10-11,16,19H,8-9,18H2,1-7H3. The number of aryl methyl sites for hydroxylation is 2. The number of hydrogen-bond acceptors (Lipinski definition) is 4. The summed E-state index contributed by atoms with van der Waals surface area (Å²) in [6.07, 6.45) is 2.00. The molecule has 0 radical (unpaired) electrons. The van der Waals surface area contributed by atoms with Crippen LogP contribution in [-0.4, -0.2) is 31.6 Å². The van der Waals surface area contributed by atoms with Gasteiger partial charge in [0.15, 0.2) is 0 Å². The fourth-order valence-electron chi connectivity index (χ4n) is 3.53. The predicted octanol–water partition coefficient (Wildman–Crippen LogP) is 2.94. The van der Waals surface area contributed by atoms with Gasteiger partial charge in [0.2, 0.25) is 0 Å². The minimum atomic E-state index is -0.0535. The number of methoxy groups -OCH3 is 1. The molecule has 1 aromatic carbocycles. The van der Waals surface area contributed by atoms with E-state index in [0.29, 0.717) is 0 Å². The third-order valence-electron chi connectivity index (χ3n) is 4.82. The van der Waals surface area contributed by atoms with Crippen LogP contribution < -0.4 is 16.0 Å². The van der Waals surface area contributed by atoms with Gasteiger partial charge in [-0.3, -0.25) is 11.3 Å². The zero-order chi connectivity index (χ0) is 16.2. The lowest BCUT2D eigenvalue weighted by Crippen LogP contribution is -2.55. The quantitative estimate of drug-likeness (QED) is 0.599. The first kappa shape index (κ1) is 18.0. The lowest BCUT2D eigenvalue weighted by molar-refractivity contribution is 0.0866. The first-order chi connectivity index (χ1) is 9.87. The van der Waals surface area contributed by atoms with Gasteiger partial charge in [-0.05, 0) is 58.0 Å². The van der Waals surface area contributed by atoms with Gasteiger partial charge in [0.05, 0.1) is 13.2 Å². The molecule has 0 bridgehead atoms. The monoisotopic (exact) mass is 293 g/mol. The zero-order valence-corrected chi connectivity index (χ0v) is 14.6. The van der Waals surface area contributed by atoms with Crippen LogP contribution in [0.1, 0.15) is 49.4 Å². The third kappa shape index (κ3) is 3.23. The maximum Gasteiger partial charge on any atom is 0.124 e. The second-order valence-electron chi connectivity index (χ2n) is 6.00. The van der Waals surface area contributed by atoms with Crippen LogP contribution in [-0.2, 0) is 0 Å². The Morgan fingerprint density at radius 1 is 1.24 bits per heavy atom. The summed E-state index contributed by atoms with van der Waals surface area (Å²) in [5, 5.41) is 0. The predicted molar refractivity (Wildman–Crippen MR) is 89.5 cm³/mol. The Balaban J connectivity index is 3.52. The van der Waals surface area contributed by atoms with E-state index < -0.39 is 0 Å². The summed E-state index contributed by atoms with van der Waals surface area (Å²) < 4.78 is 5.64. The summed E-state index contributed by atoms with van der Waals surface area (Å²) in [5.74, 6) is 6.88. The molecular weight excluding hydrogens is 262 g/mol. The Hall–Kier alpha value is -1.10. The van der Waals surface area contributed by atoms with Crippen molar-refractivity contribution in [2.24, 2.45) is 5.84 Å². The first-order valence-corrected chi connectivity index (χ1v) is 7.66. The molecule has 0 heterocycles. The van der Waals surface area contributed by atoms with Gasteiger partial charge >= 0.3 is 0 Å². The second-order valence-corrected chi connectivity index (χ2v) is 6.00. The molecule has 0 aliphatic rings. The average Bonchev–Trinajstić information content (AvgIpc) is 2.44. The molecule has 0 fully saturated rings. The Bertz CT molecular complexity index is 467. The highest BCUT2D eigenvalue weighted by molar-refractivity contribution is 5.46. The molecule has 21 heavy (non-hydrogen) atoms. The van der Waals surface area contributed by atoms with Crippen molar-refractivity contribution in [3.63, 3.8) is 0 Å². The normalized spacial score (nSPS) is 13.6. The van der Waals surface area contributed by atoms with Gasteiger partial charge in [-0.2, -0.15) is 0 Å². The van der Waals surface area contributed by atoms with E-state index in [-0.39, 0.29) is 11.6 Å². The third-order valence-corrected chi connectivity index (χ3v) is 4.82. The number of hydrazine groups is 1. The Morgan fingerprint density at radius 2 is 1.81 bits per heavy atom. The lowest BCUT2D eigenvalue weighted by atomic mass is 9.78. The number of nitrogens with one attached hydrogen (secondary N) is 1. The van der Waals surface area contributed by atoms with Crippen LogP contribution in [0.3, 0.4) is 0 Å². The van der Waals surface area contributed by atoms with E-state index in [1.807, 2.05) is 0 Å². The number of rotatable bonds is 7. The molecular formula is C17H31N3O. The molecule has 0 amide bonds. The van der Waals surface area contributed by atoms with E-state index in [2.05, 4.69) is 64.2 Å². The number of ether oxygens (including phenoxy) is 1. The van der Waals surface area contributed by atoms with Crippen LogP contribution >= 0.6 is 0 Å². The molecule has 1 atom stereocenters. The largest absolute Gasteiger partial charge is 0.496 e. The van der Waals surface area contributed by atoms with Crippen molar-refractivity contribution in [1.82, 2.24) is 10.3 Å². The lowest BCUT2D eigenvalue weighted by Gasteiger charge is -2.45. The minimum absolute atomic E-state index is 0.0121. The maximum atomic E-state index is 5.98. The highest BCUT2D eigenvalue weighted by atomic mass is 16.5.